The molecule has 0 aromatic heterocycles. The average Bonchev–Trinajstić information content (AvgIpc) is 2.55. The molecule has 7 nitrogen and oxygen atoms in total. The summed E-state index contributed by atoms with van der Waals surface area (Å²) in [7, 11) is 0. The van der Waals surface area contributed by atoms with Gasteiger partial charge >= 0.3 is 6.03 Å². The molecule has 0 bridgehead atoms. The highest BCUT2D eigenvalue weighted by atomic mass is 79.9. The maximum Gasteiger partial charge on any atom is 0.325 e. The van der Waals surface area contributed by atoms with E-state index in [1.807, 2.05) is 0 Å². The third-order valence-corrected chi connectivity index (χ3v) is 3.52. The molecule has 0 atom stereocenters. The summed E-state index contributed by atoms with van der Waals surface area (Å²) >= 11 is 3.29. The molecule has 24 heavy (non-hydrogen) atoms. The summed E-state index contributed by atoms with van der Waals surface area (Å²) in [5, 5.41) is 7.49. The van der Waals surface area contributed by atoms with E-state index in [9.17, 15) is 14.4 Å². The second kappa shape index (κ2) is 8.11. The lowest BCUT2D eigenvalue weighted by Gasteiger charge is -2.10. The van der Waals surface area contributed by atoms with Crippen molar-refractivity contribution >= 4 is 45.2 Å². The van der Waals surface area contributed by atoms with Crippen LogP contribution in [0.5, 0.6) is 0 Å². The number of hydrogen-bond acceptors (Lipinski definition) is 4. The fourth-order valence-electron chi connectivity index (χ4n) is 1.89. The summed E-state index contributed by atoms with van der Waals surface area (Å²) in [6, 6.07) is 12.8. The maximum atomic E-state index is 11.8. The van der Waals surface area contributed by atoms with E-state index >= 15 is 0 Å². The van der Waals surface area contributed by atoms with Gasteiger partial charge in [0.15, 0.2) is 0 Å². The zero-order valence-electron chi connectivity index (χ0n) is 12.5. The lowest BCUT2D eigenvalue weighted by atomic mass is 10.1. The fourth-order valence-corrected chi connectivity index (χ4v) is 2.16. The zero-order valence-corrected chi connectivity index (χ0v) is 14.1. The molecule has 0 aliphatic rings. The van der Waals surface area contributed by atoms with Crippen LogP contribution in [0.25, 0.3) is 0 Å². The van der Waals surface area contributed by atoms with Gasteiger partial charge in [0, 0.05) is 15.8 Å². The first-order valence-corrected chi connectivity index (χ1v) is 7.74. The molecule has 0 aliphatic heterocycles. The van der Waals surface area contributed by atoms with Crippen molar-refractivity contribution in [1.82, 2.24) is 5.32 Å². The largest absolute Gasteiger partial charge is 0.375 e. The van der Waals surface area contributed by atoms with E-state index < -0.39 is 17.8 Å². The van der Waals surface area contributed by atoms with E-state index in [0.717, 1.165) is 4.47 Å². The summed E-state index contributed by atoms with van der Waals surface area (Å²) in [5.41, 5.74) is 6.50. The van der Waals surface area contributed by atoms with Crippen LogP contribution in [0.3, 0.4) is 0 Å². The molecule has 0 fully saturated rings. The smallest absolute Gasteiger partial charge is 0.325 e. The summed E-state index contributed by atoms with van der Waals surface area (Å²) < 4.78 is 0.877. The van der Waals surface area contributed by atoms with Crippen LogP contribution in [0, 0.1) is 0 Å². The van der Waals surface area contributed by atoms with Crippen molar-refractivity contribution < 1.29 is 14.4 Å². The lowest BCUT2D eigenvalue weighted by molar-refractivity contribution is -0.118. The van der Waals surface area contributed by atoms with E-state index in [1.54, 1.807) is 48.5 Å². The minimum Gasteiger partial charge on any atom is -0.375 e. The number of benzene rings is 2. The molecule has 0 aliphatic carbocycles. The van der Waals surface area contributed by atoms with Crippen molar-refractivity contribution in [1.29, 1.82) is 0 Å². The molecule has 0 heterocycles. The highest BCUT2D eigenvalue weighted by Crippen LogP contribution is 2.14. The molecule has 5 N–H and O–H groups in total. The monoisotopic (exact) mass is 390 g/mol. The number of primary amides is 1. The number of halogens is 1. The second-order valence-electron chi connectivity index (χ2n) is 4.77. The van der Waals surface area contributed by atoms with Crippen molar-refractivity contribution in [2.45, 2.75) is 0 Å². The number of anilines is 2. The Bertz CT molecular complexity index is 762. The van der Waals surface area contributed by atoms with Gasteiger partial charge in [0.25, 0.3) is 5.91 Å². The van der Waals surface area contributed by atoms with Gasteiger partial charge in [0.1, 0.15) is 0 Å². The van der Waals surface area contributed by atoms with Gasteiger partial charge in [-0.1, -0.05) is 28.1 Å². The summed E-state index contributed by atoms with van der Waals surface area (Å²) in [6.45, 7) is -0.182. The average molecular weight is 391 g/mol. The van der Waals surface area contributed by atoms with Gasteiger partial charge in [-0.2, -0.15) is 0 Å². The number of rotatable bonds is 5. The minimum absolute atomic E-state index is 0.182. The van der Waals surface area contributed by atoms with E-state index in [2.05, 4.69) is 31.9 Å². The number of carbonyl (C=O) groups excluding carboxylic acids is 3. The second-order valence-corrected chi connectivity index (χ2v) is 5.69. The molecule has 2 aromatic rings. The Morgan fingerprint density at radius 1 is 1.00 bits per heavy atom. The standard InChI is InChI=1S/C16H15BrN4O3/c17-10-5-7-11(8-6-10)20-16(24)21-14(22)9-19-13-4-2-1-3-12(13)15(18)23/h1-8,19H,9H2,(H2,18,23)(H2,20,21,22,24). The number of amides is 4. The molecule has 0 spiro atoms. The van der Waals surface area contributed by atoms with Crippen molar-refractivity contribution in [3.63, 3.8) is 0 Å². The first kappa shape index (κ1) is 17.5. The number of nitrogens with two attached hydrogens (primary N) is 1. The maximum absolute atomic E-state index is 11.8. The molecule has 0 unspecified atom stereocenters. The Balaban J connectivity index is 1.86. The molecular weight excluding hydrogens is 376 g/mol. The van der Waals surface area contributed by atoms with Gasteiger partial charge in [-0.25, -0.2) is 4.79 Å². The van der Waals surface area contributed by atoms with Crippen molar-refractivity contribution in [3.8, 4) is 0 Å². The first-order valence-electron chi connectivity index (χ1n) is 6.95. The van der Waals surface area contributed by atoms with Crippen LogP contribution in [0.4, 0.5) is 16.2 Å². The van der Waals surface area contributed by atoms with Gasteiger partial charge < -0.3 is 16.4 Å². The van der Waals surface area contributed by atoms with Crippen LogP contribution >= 0.6 is 15.9 Å². The third kappa shape index (κ3) is 5.10. The van der Waals surface area contributed by atoms with E-state index in [4.69, 9.17) is 5.73 Å². The van der Waals surface area contributed by atoms with E-state index in [1.165, 1.54) is 0 Å². The van der Waals surface area contributed by atoms with Crippen LogP contribution in [0.1, 0.15) is 10.4 Å². The van der Waals surface area contributed by atoms with Crippen LogP contribution in [0.15, 0.2) is 53.0 Å². The van der Waals surface area contributed by atoms with Gasteiger partial charge in [-0.3, -0.25) is 14.9 Å². The molecule has 2 rings (SSSR count). The lowest BCUT2D eigenvalue weighted by Crippen LogP contribution is -2.38. The molecule has 0 radical (unpaired) electrons. The molecule has 2 aromatic carbocycles. The molecular formula is C16H15BrN4O3. The SMILES string of the molecule is NC(=O)c1ccccc1NCC(=O)NC(=O)Nc1ccc(Br)cc1. The Morgan fingerprint density at radius 3 is 2.33 bits per heavy atom. The van der Waals surface area contributed by atoms with E-state index in [0.29, 0.717) is 11.4 Å². The summed E-state index contributed by atoms with van der Waals surface area (Å²) in [6.07, 6.45) is 0. The predicted octanol–water partition coefficient (Wildman–Crippen LogP) is 2.31. The topological polar surface area (TPSA) is 113 Å². The zero-order chi connectivity index (χ0) is 17.5. The number of carbonyl (C=O) groups is 3. The van der Waals surface area contributed by atoms with Gasteiger partial charge in [-0.15, -0.1) is 0 Å². The minimum atomic E-state index is -0.646. The Morgan fingerprint density at radius 2 is 1.67 bits per heavy atom. The van der Waals surface area contributed by atoms with Gasteiger partial charge in [0.2, 0.25) is 5.91 Å². The summed E-state index contributed by atoms with van der Waals surface area (Å²) in [4.78, 5) is 34.8. The molecule has 4 amide bonds. The fraction of sp³-hybridized carbons (Fsp3) is 0.0625. The molecule has 0 saturated carbocycles. The summed E-state index contributed by atoms with van der Waals surface area (Å²) in [5.74, 6) is -1.16. The highest BCUT2D eigenvalue weighted by molar-refractivity contribution is 9.10. The normalized spacial score (nSPS) is 9.88. The number of nitrogens with one attached hydrogen (secondary N) is 3. The Hall–Kier alpha value is -2.87. The Labute approximate surface area is 146 Å². The van der Waals surface area contributed by atoms with Crippen LogP contribution in [0.2, 0.25) is 0 Å². The molecule has 0 saturated heterocycles. The van der Waals surface area contributed by atoms with Gasteiger partial charge in [-0.05, 0) is 36.4 Å². The van der Waals surface area contributed by atoms with E-state index in [-0.39, 0.29) is 12.1 Å². The number of urea groups is 1. The van der Waals surface area contributed by atoms with Crippen LogP contribution in [-0.2, 0) is 4.79 Å². The predicted molar refractivity (Wildman–Crippen MR) is 94.8 cm³/mol. The first-order chi connectivity index (χ1) is 11.5. The third-order valence-electron chi connectivity index (χ3n) is 2.99. The highest BCUT2D eigenvalue weighted by Gasteiger charge is 2.10. The number of imide groups is 1. The molecule has 124 valence electrons. The van der Waals surface area contributed by atoms with Crippen molar-refractivity contribution in [3.05, 3.63) is 58.6 Å². The van der Waals surface area contributed by atoms with Crippen LogP contribution < -0.4 is 21.7 Å². The molecule has 8 heteroatoms. The Kier molecular flexibility index (Phi) is 5.91. The van der Waals surface area contributed by atoms with Crippen molar-refractivity contribution in [2.75, 3.05) is 17.2 Å². The number of para-hydroxylation sites is 1. The van der Waals surface area contributed by atoms with Gasteiger partial charge in [0.05, 0.1) is 12.1 Å². The quantitative estimate of drug-likeness (QED) is 0.626. The number of hydrogen-bond donors (Lipinski definition) is 4. The van der Waals surface area contributed by atoms with Crippen LogP contribution in [-0.4, -0.2) is 24.4 Å². The van der Waals surface area contributed by atoms with Crippen molar-refractivity contribution in [2.24, 2.45) is 5.73 Å².